The fraction of sp³-hybridized carbons (Fsp3) is 0.650. The third-order valence-corrected chi connectivity index (χ3v) is 5.73. The van der Waals surface area contributed by atoms with E-state index in [1.54, 1.807) is 7.11 Å². The van der Waals surface area contributed by atoms with Gasteiger partial charge in [-0.25, -0.2) is 0 Å². The van der Waals surface area contributed by atoms with Crippen molar-refractivity contribution in [1.29, 1.82) is 0 Å². The molecule has 24 heavy (non-hydrogen) atoms. The first-order chi connectivity index (χ1) is 11.7. The maximum absolute atomic E-state index is 12.7. The van der Waals surface area contributed by atoms with Gasteiger partial charge >= 0.3 is 0 Å². The summed E-state index contributed by atoms with van der Waals surface area (Å²) < 4.78 is 5.12. The van der Waals surface area contributed by atoms with Crippen molar-refractivity contribution < 1.29 is 9.53 Å². The number of carbonyl (C=O) groups is 1. The summed E-state index contributed by atoms with van der Waals surface area (Å²) in [7, 11) is 3.90. The van der Waals surface area contributed by atoms with Crippen LogP contribution >= 0.6 is 0 Å². The smallest absolute Gasteiger partial charge is 0.225 e. The Balaban J connectivity index is 1.85. The molecular weight excluding hydrogens is 300 g/mol. The summed E-state index contributed by atoms with van der Waals surface area (Å²) in [5.74, 6) is 0.777. The molecule has 0 N–H and O–H groups in total. The fourth-order valence-electron chi connectivity index (χ4n) is 4.57. The van der Waals surface area contributed by atoms with E-state index < -0.39 is 0 Å². The minimum absolute atomic E-state index is 0.258. The Kier molecular flexibility index (Phi) is 5.90. The molecule has 2 saturated heterocycles. The predicted octanol–water partition coefficient (Wildman–Crippen LogP) is 2.89. The van der Waals surface area contributed by atoms with Gasteiger partial charge in [0.15, 0.2) is 0 Å². The second-order valence-corrected chi connectivity index (χ2v) is 7.17. The zero-order valence-electron chi connectivity index (χ0n) is 15.0. The van der Waals surface area contributed by atoms with Gasteiger partial charge in [0, 0.05) is 31.7 Å². The summed E-state index contributed by atoms with van der Waals surface area (Å²) >= 11 is 0. The second-order valence-electron chi connectivity index (χ2n) is 7.17. The molecule has 2 aliphatic rings. The zero-order chi connectivity index (χ0) is 16.9. The molecule has 1 amide bonds. The number of amides is 1. The van der Waals surface area contributed by atoms with Crippen molar-refractivity contribution in [2.75, 3.05) is 33.9 Å². The molecule has 0 aromatic heterocycles. The lowest BCUT2D eigenvalue weighted by atomic mass is 9.79. The first-order valence-electron chi connectivity index (χ1n) is 9.26. The van der Waals surface area contributed by atoms with Gasteiger partial charge in [-0.3, -0.25) is 4.79 Å². The number of hydrogen-bond donors (Lipinski definition) is 0. The van der Waals surface area contributed by atoms with E-state index in [1.165, 1.54) is 18.4 Å². The molecule has 0 aliphatic carbocycles. The molecule has 4 heteroatoms. The summed E-state index contributed by atoms with van der Waals surface area (Å²) in [4.78, 5) is 17.4. The van der Waals surface area contributed by atoms with Gasteiger partial charge in [-0.1, -0.05) is 36.8 Å². The summed E-state index contributed by atoms with van der Waals surface area (Å²) in [6, 6.07) is 11.6. The number of ether oxygens (including phenoxy) is 1. The largest absolute Gasteiger partial charge is 0.384 e. The van der Waals surface area contributed by atoms with Crippen molar-refractivity contribution in [2.45, 2.75) is 50.1 Å². The number of hydrogen-bond acceptors (Lipinski definition) is 3. The van der Waals surface area contributed by atoms with Crippen LogP contribution in [0.15, 0.2) is 30.3 Å². The normalized spacial score (nSPS) is 28.2. The molecule has 3 atom stereocenters. The highest BCUT2D eigenvalue weighted by molar-refractivity contribution is 5.77. The number of carbonyl (C=O) groups excluding carboxylic acids is 1. The quantitative estimate of drug-likeness (QED) is 0.851. The number of likely N-dealkylation sites (N-methyl/N-ethyl adjacent to an activating group) is 1. The number of rotatable bonds is 4. The van der Waals surface area contributed by atoms with Crippen LogP contribution in [0.2, 0.25) is 0 Å². The summed E-state index contributed by atoms with van der Waals surface area (Å²) in [5.41, 5.74) is 1.42. The third kappa shape index (κ3) is 3.65. The van der Waals surface area contributed by atoms with E-state index in [0.29, 0.717) is 31.0 Å². The molecule has 4 nitrogen and oxygen atoms in total. The van der Waals surface area contributed by atoms with Crippen LogP contribution in [0.3, 0.4) is 0 Å². The van der Waals surface area contributed by atoms with E-state index in [4.69, 9.17) is 4.74 Å². The number of benzene rings is 1. The predicted molar refractivity (Wildman–Crippen MR) is 96.1 cm³/mol. The van der Waals surface area contributed by atoms with Gasteiger partial charge in [0.1, 0.15) is 0 Å². The summed E-state index contributed by atoms with van der Waals surface area (Å²) in [6.45, 7) is 2.52. The minimum atomic E-state index is 0.258. The molecule has 0 radical (unpaired) electrons. The number of methoxy groups -OCH3 is 1. The number of nitrogens with zero attached hydrogens (tertiary/aromatic N) is 2. The van der Waals surface area contributed by atoms with Gasteiger partial charge in [-0.2, -0.15) is 0 Å². The van der Waals surface area contributed by atoms with E-state index in [9.17, 15) is 4.79 Å². The average Bonchev–Trinajstić information content (AvgIpc) is 2.82. The van der Waals surface area contributed by atoms with Crippen LogP contribution in [0.4, 0.5) is 0 Å². The van der Waals surface area contributed by atoms with Crippen molar-refractivity contribution in [1.82, 2.24) is 9.80 Å². The highest BCUT2D eigenvalue weighted by atomic mass is 16.5. The Morgan fingerprint density at radius 2 is 1.96 bits per heavy atom. The standard InChI is InChI=1S/C20H30N2O2/c1-21-13-7-6-10-18-20(21)17(16-8-4-3-5-9-16)11-14-22(18)19(23)12-15-24-2/h3-5,8-9,17-18,20H,6-7,10-15H2,1-2H3/t17-,18-,20-/m1/s1. The number of likely N-dealkylation sites (tertiary alicyclic amines) is 2. The van der Waals surface area contributed by atoms with Crippen LogP contribution in [0.1, 0.15) is 43.6 Å². The van der Waals surface area contributed by atoms with Crippen molar-refractivity contribution in [3.63, 3.8) is 0 Å². The average molecular weight is 330 g/mol. The Morgan fingerprint density at radius 3 is 2.71 bits per heavy atom. The van der Waals surface area contributed by atoms with Crippen LogP contribution in [0, 0.1) is 0 Å². The van der Waals surface area contributed by atoms with E-state index >= 15 is 0 Å². The highest BCUT2D eigenvalue weighted by Gasteiger charge is 2.42. The summed E-state index contributed by atoms with van der Waals surface area (Å²) in [5, 5.41) is 0. The lowest BCUT2D eigenvalue weighted by Crippen LogP contribution is -2.58. The molecule has 2 aliphatic heterocycles. The highest BCUT2D eigenvalue weighted by Crippen LogP contribution is 2.38. The number of fused-ring (bicyclic) bond motifs is 1. The Labute approximate surface area is 145 Å². The van der Waals surface area contributed by atoms with Gasteiger partial charge in [0.2, 0.25) is 5.91 Å². The molecule has 2 fully saturated rings. The molecule has 1 aromatic rings. The van der Waals surface area contributed by atoms with E-state index in [0.717, 1.165) is 25.9 Å². The molecule has 2 heterocycles. The van der Waals surface area contributed by atoms with Crippen molar-refractivity contribution in [2.24, 2.45) is 0 Å². The monoisotopic (exact) mass is 330 g/mol. The third-order valence-electron chi connectivity index (χ3n) is 5.73. The molecular formula is C20H30N2O2. The van der Waals surface area contributed by atoms with Gasteiger partial charge in [-0.15, -0.1) is 0 Å². The maximum Gasteiger partial charge on any atom is 0.225 e. The fourth-order valence-corrected chi connectivity index (χ4v) is 4.57. The van der Waals surface area contributed by atoms with E-state index in [-0.39, 0.29) is 5.91 Å². The van der Waals surface area contributed by atoms with E-state index in [1.807, 2.05) is 0 Å². The van der Waals surface area contributed by atoms with Crippen molar-refractivity contribution in [3.8, 4) is 0 Å². The molecule has 0 spiro atoms. The topological polar surface area (TPSA) is 32.8 Å². The first kappa shape index (κ1) is 17.4. The Morgan fingerprint density at radius 1 is 1.17 bits per heavy atom. The first-order valence-corrected chi connectivity index (χ1v) is 9.26. The Hall–Kier alpha value is -1.39. The van der Waals surface area contributed by atoms with Crippen LogP contribution in [0.5, 0.6) is 0 Å². The zero-order valence-corrected chi connectivity index (χ0v) is 15.0. The second kappa shape index (κ2) is 8.13. The van der Waals surface area contributed by atoms with Crippen molar-refractivity contribution in [3.05, 3.63) is 35.9 Å². The Bertz CT molecular complexity index is 534. The SMILES string of the molecule is COCCC(=O)N1CC[C@H](c2ccccc2)[C@@H]2[C@H]1CCCCN2C. The van der Waals surface area contributed by atoms with Crippen LogP contribution in [-0.2, 0) is 9.53 Å². The molecule has 0 bridgehead atoms. The molecule has 3 rings (SSSR count). The van der Waals surface area contributed by atoms with Crippen LogP contribution in [-0.4, -0.2) is 61.6 Å². The van der Waals surface area contributed by atoms with Crippen LogP contribution < -0.4 is 0 Å². The molecule has 1 aromatic carbocycles. The van der Waals surface area contributed by atoms with Gasteiger partial charge < -0.3 is 14.5 Å². The van der Waals surface area contributed by atoms with E-state index in [2.05, 4.69) is 47.2 Å². The summed E-state index contributed by atoms with van der Waals surface area (Å²) in [6.07, 6.45) is 5.11. The molecule has 0 saturated carbocycles. The lowest BCUT2D eigenvalue weighted by Gasteiger charge is -2.48. The lowest BCUT2D eigenvalue weighted by molar-refractivity contribution is -0.138. The maximum atomic E-state index is 12.7. The van der Waals surface area contributed by atoms with Gasteiger partial charge in [0.25, 0.3) is 0 Å². The molecule has 132 valence electrons. The van der Waals surface area contributed by atoms with Crippen LogP contribution in [0.25, 0.3) is 0 Å². The van der Waals surface area contributed by atoms with Gasteiger partial charge in [-0.05, 0) is 38.4 Å². The van der Waals surface area contributed by atoms with Crippen molar-refractivity contribution >= 4 is 5.91 Å². The molecule has 0 unspecified atom stereocenters. The minimum Gasteiger partial charge on any atom is -0.384 e. The van der Waals surface area contributed by atoms with Gasteiger partial charge in [0.05, 0.1) is 13.0 Å². The number of piperidine rings is 1.